The lowest BCUT2D eigenvalue weighted by Gasteiger charge is -2.23. The van der Waals surface area contributed by atoms with Crippen molar-refractivity contribution in [2.75, 3.05) is 18.0 Å². The van der Waals surface area contributed by atoms with E-state index in [9.17, 15) is 13.2 Å². The monoisotopic (exact) mass is 346 g/mol. The first-order chi connectivity index (χ1) is 11.3. The second-order valence-electron chi connectivity index (χ2n) is 5.67. The molecule has 0 aromatic heterocycles. The highest BCUT2D eigenvalue weighted by Gasteiger charge is 2.17. The van der Waals surface area contributed by atoms with E-state index in [1.54, 1.807) is 23.1 Å². The first-order valence-electron chi connectivity index (χ1n) is 7.71. The lowest BCUT2D eigenvalue weighted by molar-refractivity contribution is -0.116. The van der Waals surface area contributed by atoms with E-state index in [0.717, 1.165) is 16.8 Å². The van der Waals surface area contributed by atoms with Gasteiger partial charge in [-0.25, -0.2) is 13.1 Å². The van der Waals surface area contributed by atoms with Crippen LogP contribution in [0.3, 0.4) is 0 Å². The molecule has 6 heteroatoms. The number of nitrogens with zero attached hydrogens (tertiary/aromatic N) is 1. The van der Waals surface area contributed by atoms with Gasteiger partial charge >= 0.3 is 0 Å². The Morgan fingerprint density at radius 1 is 1.08 bits per heavy atom. The van der Waals surface area contributed by atoms with Gasteiger partial charge in [-0.3, -0.25) is 4.79 Å². The van der Waals surface area contributed by atoms with Crippen LogP contribution in [0.4, 0.5) is 5.69 Å². The second kappa shape index (κ2) is 7.59. The van der Waals surface area contributed by atoms with Gasteiger partial charge in [0.25, 0.3) is 0 Å². The fraction of sp³-hybridized carbons (Fsp3) is 0.278. The summed E-state index contributed by atoms with van der Waals surface area (Å²) in [7, 11) is -3.57. The van der Waals surface area contributed by atoms with Crippen LogP contribution in [-0.2, 0) is 14.8 Å². The van der Waals surface area contributed by atoms with Gasteiger partial charge in [-0.15, -0.1) is 0 Å². The Bertz CT molecular complexity index is 817. The van der Waals surface area contributed by atoms with Gasteiger partial charge in [-0.1, -0.05) is 30.3 Å². The highest BCUT2D eigenvalue weighted by Crippen LogP contribution is 2.21. The van der Waals surface area contributed by atoms with Crippen molar-refractivity contribution in [2.45, 2.75) is 25.7 Å². The number of benzene rings is 2. The highest BCUT2D eigenvalue weighted by atomic mass is 32.2. The van der Waals surface area contributed by atoms with Crippen LogP contribution in [0.1, 0.15) is 18.1 Å². The van der Waals surface area contributed by atoms with Crippen molar-refractivity contribution in [3.8, 4) is 0 Å². The molecule has 0 heterocycles. The molecule has 0 spiro atoms. The van der Waals surface area contributed by atoms with Crippen molar-refractivity contribution in [1.82, 2.24) is 4.72 Å². The van der Waals surface area contributed by atoms with E-state index in [1.807, 2.05) is 32.0 Å². The van der Waals surface area contributed by atoms with Crippen molar-refractivity contribution in [2.24, 2.45) is 0 Å². The van der Waals surface area contributed by atoms with Gasteiger partial charge in [0.15, 0.2) is 0 Å². The summed E-state index contributed by atoms with van der Waals surface area (Å²) in [4.78, 5) is 13.8. The van der Waals surface area contributed by atoms with E-state index >= 15 is 0 Å². The normalized spacial score (nSPS) is 11.3. The van der Waals surface area contributed by atoms with Crippen LogP contribution < -0.4 is 9.62 Å². The number of nitrogens with one attached hydrogen (secondary N) is 1. The van der Waals surface area contributed by atoms with Crippen LogP contribution in [0, 0.1) is 13.8 Å². The fourth-order valence-electron chi connectivity index (χ4n) is 2.43. The van der Waals surface area contributed by atoms with Crippen molar-refractivity contribution in [1.29, 1.82) is 0 Å². The lowest BCUT2D eigenvalue weighted by atomic mass is 10.1. The van der Waals surface area contributed by atoms with Crippen LogP contribution in [0.2, 0.25) is 0 Å². The minimum absolute atomic E-state index is 0.123. The summed E-state index contributed by atoms with van der Waals surface area (Å²) in [5, 5.41) is 0. The van der Waals surface area contributed by atoms with Gasteiger partial charge in [-0.05, 0) is 43.2 Å². The Morgan fingerprint density at radius 2 is 1.75 bits per heavy atom. The van der Waals surface area contributed by atoms with Crippen molar-refractivity contribution in [3.63, 3.8) is 0 Å². The number of sulfonamides is 1. The Labute approximate surface area is 143 Å². The maximum Gasteiger partial charge on any atom is 0.240 e. The summed E-state index contributed by atoms with van der Waals surface area (Å²) >= 11 is 0. The zero-order valence-corrected chi connectivity index (χ0v) is 14.9. The molecule has 0 saturated heterocycles. The first kappa shape index (κ1) is 18.2. The molecule has 0 fully saturated rings. The molecule has 0 radical (unpaired) electrons. The fourth-order valence-corrected chi connectivity index (χ4v) is 3.47. The molecule has 0 aliphatic carbocycles. The van der Waals surface area contributed by atoms with Gasteiger partial charge < -0.3 is 4.90 Å². The Morgan fingerprint density at radius 3 is 2.38 bits per heavy atom. The molecule has 0 aliphatic rings. The summed E-state index contributed by atoms with van der Waals surface area (Å²) in [5.74, 6) is -0.123. The minimum Gasteiger partial charge on any atom is -0.311 e. The van der Waals surface area contributed by atoms with E-state index in [2.05, 4.69) is 4.72 Å². The van der Waals surface area contributed by atoms with E-state index in [4.69, 9.17) is 0 Å². The molecule has 0 unspecified atom stereocenters. The molecule has 2 aromatic rings. The minimum atomic E-state index is -3.57. The number of rotatable bonds is 6. The third-order valence-electron chi connectivity index (χ3n) is 3.72. The van der Waals surface area contributed by atoms with Crippen LogP contribution in [0.15, 0.2) is 53.4 Å². The van der Waals surface area contributed by atoms with Gasteiger partial charge in [0.2, 0.25) is 15.9 Å². The molecular formula is C18H22N2O3S. The predicted molar refractivity (Wildman–Crippen MR) is 95.6 cm³/mol. The van der Waals surface area contributed by atoms with Gasteiger partial charge in [0.1, 0.15) is 0 Å². The highest BCUT2D eigenvalue weighted by molar-refractivity contribution is 7.89. The average Bonchev–Trinajstić information content (AvgIpc) is 2.55. The molecule has 0 saturated carbocycles. The van der Waals surface area contributed by atoms with E-state index < -0.39 is 10.0 Å². The Balaban J connectivity index is 2.10. The third kappa shape index (κ3) is 4.43. The molecule has 2 rings (SSSR count). The lowest BCUT2D eigenvalue weighted by Crippen LogP contribution is -2.38. The van der Waals surface area contributed by atoms with E-state index in [0.29, 0.717) is 0 Å². The summed E-state index contributed by atoms with van der Waals surface area (Å²) in [6.45, 7) is 5.78. The quantitative estimate of drug-likeness (QED) is 0.874. The van der Waals surface area contributed by atoms with Crippen LogP contribution in [0.5, 0.6) is 0 Å². The zero-order chi connectivity index (χ0) is 17.7. The molecule has 0 aliphatic heterocycles. The van der Waals surface area contributed by atoms with Gasteiger partial charge in [-0.2, -0.15) is 0 Å². The molecule has 128 valence electrons. The zero-order valence-electron chi connectivity index (χ0n) is 14.1. The Hall–Kier alpha value is -2.18. The molecule has 2 aromatic carbocycles. The van der Waals surface area contributed by atoms with E-state index in [-0.39, 0.29) is 23.9 Å². The standard InChI is InChI=1S/C18H22N2O3S/c1-14-9-10-15(2)18(13-14)20(16(3)21)12-11-19-24(22,23)17-7-5-4-6-8-17/h4-10,13,19H,11-12H2,1-3H3. The van der Waals surface area contributed by atoms with Crippen LogP contribution in [0.25, 0.3) is 0 Å². The van der Waals surface area contributed by atoms with Crippen molar-refractivity contribution in [3.05, 3.63) is 59.7 Å². The first-order valence-corrected chi connectivity index (χ1v) is 9.19. The number of anilines is 1. The summed E-state index contributed by atoms with van der Waals surface area (Å²) < 4.78 is 27.0. The SMILES string of the molecule is CC(=O)N(CCNS(=O)(=O)c1ccccc1)c1cc(C)ccc1C. The summed E-state index contributed by atoms with van der Waals surface area (Å²) in [6.07, 6.45) is 0. The van der Waals surface area contributed by atoms with Gasteiger partial charge in [0.05, 0.1) is 4.90 Å². The smallest absolute Gasteiger partial charge is 0.240 e. The molecule has 1 amide bonds. The maximum atomic E-state index is 12.2. The number of amides is 1. The summed E-state index contributed by atoms with van der Waals surface area (Å²) in [6, 6.07) is 14.0. The average molecular weight is 346 g/mol. The molecule has 1 N–H and O–H groups in total. The van der Waals surface area contributed by atoms with E-state index in [1.165, 1.54) is 19.1 Å². The second-order valence-corrected chi connectivity index (χ2v) is 7.44. The predicted octanol–water partition coefficient (Wildman–Crippen LogP) is 2.63. The van der Waals surface area contributed by atoms with Gasteiger partial charge in [0, 0.05) is 25.7 Å². The topological polar surface area (TPSA) is 66.5 Å². The number of hydrogen-bond acceptors (Lipinski definition) is 3. The molecule has 24 heavy (non-hydrogen) atoms. The largest absolute Gasteiger partial charge is 0.311 e. The molecule has 5 nitrogen and oxygen atoms in total. The molecule has 0 atom stereocenters. The van der Waals surface area contributed by atoms with Crippen LogP contribution in [-0.4, -0.2) is 27.4 Å². The number of carbonyl (C=O) groups is 1. The number of carbonyl (C=O) groups excluding carboxylic acids is 1. The van der Waals surface area contributed by atoms with Crippen LogP contribution >= 0.6 is 0 Å². The maximum absolute atomic E-state index is 12.2. The number of hydrogen-bond donors (Lipinski definition) is 1. The van der Waals surface area contributed by atoms with Crippen molar-refractivity contribution >= 4 is 21.6 Å². The Kier molecular flexibility index (Phi) is 5.75. The summed E-state index contributed by atoms with van der Waals surface area (Å²) in [5.41, 5.74) is 2.83. The molecule has 0 bridgehead atoms. The molecular weight excluding hydrogens is 324 g/mol. The third-order valence-corrected chi connectivity index (χ3v) is 5.19. The number of aryl methyl sites for hydroxylation is 2. The van der Waals surface area contributed by atoms with Crippen molar-refractivity contribution < 1.29 is 13.2 Å².